The van der Waals surface area contributed by atoms with E-state index in [-0.39, 0.29) is 49.1 Å². The Labute approximate surface area is 200 Å². The van der Waals surface area contributed by atoms with Gasteiger partial charge >= 0.3 is 5.97 Å². The molecule has 0 aromatic heterocycles. The number of nitro benzene ring substituents is 1. The molecule has 1 aliphatic rings. The quantitative estimate of drug-likeness (QED) is 0.186. The number of non-ortho nitro benzene ring substituents is 1. The summed E-state index contributed by atoms with van der Waals surface area (Å²) in [5.41, 5.74) is -0.208. The van der Waals surface area contributed by atoms with Crippen molar-refractivity contribution in [3.8, 4) is 5.75 Å². The number of nitro groups is 1. The second-order valence-corrected chi connectivity index (χ2v) is 7.54. The fourth-order valence-corrected chi connectivity index (χ4v) is 3.52. The molecule has 2 amide bonds. The summed E-state index contributed by atoms with van der Waals surface area (Å²) in [6.07, 6.45) is -0.288. The first-order valence-corrected chi connectivity index (χ1v) is 10.7. The number of rotatable bonds is 8. The van der Waals surface area contributed by atoms with E-state index < -0.39 is 28.7 Å². The van der Waals surface area contributed by atoms with E-state index in [1.54, 1.807) is 12.1 Å². The molecule has 2 aromatic rings. The molecule has 0 aliphatic carbocycles. The fourth-order valence-electron chi connectivity index (χ4n) is 3.21. The molecule has 178 valence electrons. The molecule has 2 N–H and O–H groups in total. The van der Waals surface area contributed by atoms with Crippen LogP contribution in [0, 0.1) is 10.1 Å². The van der Waals surface area contributed by atoms with Crippen molar-refractivity contribution in [2.45, 2.75) is 12.5 Å². The number of thiocarbonyl (C=S) groups is 1. The Hall–Kier alpha value is -4.06. The Balaban J connectivity index is 1.55. The Bertz CT molecular complexity index is 1080. The highest BCUT2D eigenvalue weighted by atomic mass is 32.1. The zero-order valence-corrected chi connectivity index (χ0v) is 18.8. The van der Waals surface area contributed by atoms with Gasteiger partial charge in [-0.1, -0.05) is 24.3 Å². The molecule has 0 radical (unpaired) electrons. The van der Waals surface area contributed by atoms with Gasteiger partial charge in [0.25, 0.3) is 11.6 Å². The van der Waals surface area contributed by atoms with Gasteiger partial charge in [0.15, 0.2) is 5.11 Å². The van der Waals surface area contributed by atoms with E-state index in [1.165, 1.54) is 23.1 Å². The molecule has 11 nitrogen and oxygen atoms in total. The first kappa shape index (κ1) is 24.6. The highest BCUT2D eigenvalue weighted by Crippen LogP contribution is 2.15. The molecule has 1 fully saturated rings. The second kappa shape index (κ2) is 11.7. The number of hydrogen-bond donors (Lipinski definition) is 2. The number of esters is 1. The minimum absolute atomic E-state index is 0.00393. The average molecular weight is 487 g/mol. The molecule has 0 spiro atoms. The molecular weight excluding hydrogens is 464 g/mol. The summed E-state index contributed by atoms with van der Waals surface area (Å²) in [6.45, 7) is 0.668. The summed E-state index contributed by atoms with van der Waals surface area (Å²) in [5.74, 6) is -1.09. The molecule has 1 heterocycles. The van der Waals surface area contributed by atoms with Crippen LogP contribution in [0.5, 0.6) is 5.75 Å². The molecule has 3 rings (SSSR count). The summed E-state index contributed by atoms with van der Waals surface area (Å²) in [7, 11) is 0. The topological polar surface area (TPSA) is 140 Å². The zero-order valence-electron chi connectivity index (χ0n) is 18.0. The summed E-state index contributed by atoms with van der Waals surface area (Å²) in [5, 5.41) is 16.0. The van der Waals surface area contributed by atoms with Gasteiger partial charge in [0.1, 0.15) is 25.0 Å². The van der Waals surface area contributed by atoms with Gasteiger partial charge in [-0.05, 0) is 30.4 Å². The van der Waals surface area contributed by atoms with Crippen LogP contribution >= 0.6 is 12.2 Å². The van der Waals surface area contributed by atoms with Crippen molar-refractivity contribution in [3.05, 3.63) is 70.3 Å². The fraction of sp³-hybridized carbons (Fsp3) is 0.273. The van der Waals surface area contributed by atoms with Crippen molar-refractivity contribution in [2.75, 3.05) is 26.3 Å². The molecule has 1 saturated heterocycles. The maximum absolute atomic E-state index is 12.5. The third-order valence-electron chi connectivity index (χ3n) is 4.85. The lowest BCUT2D eigenvalue weighted by Gasteiger charge is -2.36. The standard InChI is InChI=1S/C22H22N4O7S/c27-19(33-12-11-32-17-7-2-1-3-8-17)14-18-21(29)23-9-10-25(18)22(34)24-20(28)15-5-4-6-16(13-15)26(30)31/h1-8,13,18H,9-12,14H2,(H,23,29)(H,24,28,34). The lowest BCUT2D eigenvalue weighted by Crippen LogP contribution is -2.60. The lowest BCUT2D eigenvalue weighted by atomic mass is 10.1. The Morgan fingerprint density at radius 2 is 1.94 bits per heavy atom. The molecule has 12 heteroatoms. The van der Waals surface area contributed by atoms with E-state index in [9.17, 15) is 24.5 Å². The van der Waals surface area contributed by atoms with Gasteiger partial charge in [0, 0.05) is 30.8 Å². The van der Waals surface area contributed by atoms with E-state index >= 15 is 0 Å². The van der Waals surface area contributed by atoms with Crippen molar-refractivity contribution in [2.24, 2.45) is 0 Å². The predicted molar refractivity (Wildman–Crippen MR) is 124 cm³/mol. The molecule has 34 heavy (non-hydrogen) atoms. The molecule has 0 saturated carbocycles. The van der Waals surface area contributed by atoms with E-state index in [2.05, 4.69) is 10.6 Å². The molecular formula is C22H22N4O7S. The number of benzene rings is 2. The van der Waals surface area contributed by atoms with Crippen molar-refractivity contribution in [1.29, 1.82) is 0 Å². The van der Waals surface area contributed by atoms with Gasteiger partial charge < -0.3 is 19.7 Å². The van der Waals surface area contributed by atoms with Gasteiger partial charge in [0.2, 0.25) is 5.91 Å². The summed E-state index contributed by atoms with van der Waals surface area (Å²) in [6, 6.07) is 13.2. The van der Waals surface area contributed by atoms with Crippen molar-refractivity contribution < 1.29 is 28.8 Å². The number of hydrogen-bond acceptors (Lipinski definition) is 8. The molecule has 1 atom stereocenters. The third-order valence-corrected chi connectivity index (χ3v) is 5.19. The zero-order chi connectivity index (χ0) is 24.5. The smallest absolute Gasteiger partial charge is 0.308 e. The summed E-state index contributed by atoms with van der Waals surface area (Å²) >= 11 is 5.29. The SMILES string of the molecule is O=C(CC1C(=O)NCCN1C(=S)NC(=O)c1cccc([N+](=O)[O-])c1)OCCOc1ccccc1. The van der Waals surface area contributed by atoms with Crippen molar-refractivity contribution in [3.63, 3.8) is 0 Å². The highest BCUT2D eigenvalue weighted by molar-refractivity contribution is 7.80. The largest absolute Gasteiger partial charge is 0.490 e. The average Bonchev–Trinajstić information content (AvgIpc) is 2.83. The normalized spacial score (nSPS) is 15.1. The summed E-state index contributed by atoms with van der Waals surface area (Å²) < 4.78 is 10.6. The van der Waals surface area contributed by atoms with Crippen LogP contribution in [-0.4, -0.2) is 65.1 Å². The van der Waals surface area contributed by atoms with Crippen molar-refractivity contribution in [1.82, 2.24) is 15.5 Å². The number of para-hydroxylation sites is 1. The van der Waals surface area contributed by atoms with Gasteiger partial charge in [-0.25, -0.2) is 0 Å². The van der Waals surface area contributed by atoms with Crippen LogP contribution in [0.2, 0.25) is 0 Å². The minimum Gasteiger partial charge on any atom is -0.490 e. The van der Waals surface area contributed by atoms with Crippen LogP contribution in [0.25, 0.3) is 0 Å². The Morgan fingerprint density at radius 3 is 2.68 bits per heavy atom. The van der Waals surface area contributed by atoms with Gasteiger partial charge in [-0.15, -0.1) is 0 Å². The van der Waals surface area contributed by atoms with Gasteiger partial charge in [-0.2, -0.15) is 0 Å². The maximum atomic E-state index is 12.5. The van der Waals surface area contributed by atoms with Gasteiger partial charge in [-0.3, -0.25) is 29.8 Å². The first-order valence-electron chi connectivity index (χ1n) is 10.3. The number of carbonyl (C=O) groups excluding carboxylic acids is 3. The maximum Gasteiger partial charge on any atom is 0.308 e. The van der Waals surface area contributed by atoms with Crippen LogP contribution in [0.15, 0.2) is 54.6 Å². The lowest BCUT2D eigenvalue weighted by molar-refractivity contribution is -0.384. The molecule has 1 aliphatic heterocycles. The van der Waals surface area contributed by atoms with Crippen LogP contribution in [0.4, 0.5) is 5.69 Å². The number of amides is 2. The van der Waals surface area contributed by atoms with E-state index in [1.807, 2.05) is 18.2 Å². The molecule has 0 bridgehead atoms. The third kappa shape index (κ3) is 6.72. The summed E-state index contributed by atoms with van der Waals surface area (Å²) in [4.78, 5) is 49.0. The van der Waals surface area contributed by atoms with E-state index in [0.717, 1.165) is 6.07 Å². The number of carbonyl (C=O) groups is 3. The van der Waals surface area contributed by atoms with Crippen LogP contribution < -0.4 is 15.4 Å². The number of nitrogens with zero attached hydrogens (tertiary/aromatic N) is 2. The Morgan fingerprint density at radius 1 is 1.18 bits per heavy atom. The Kier molecular flexibility index (Phi) is 8.46. The van der Waals surface area contributed by atoms with Crippen molar-refractivity contribution >= 4 is 40.8 Å². The predicted octanol–water partition coefficient (Wildman–Crippen LogP) is 1.42. The number of piperazine rings is 1. The van der Waals surface area contributed by atoms with Gasteiger partial charge in [0.05, 0.1) is 11.3 Å². The molecule has 2 aromatic carbocycles. The van der Waals surface area contributed by atoms with E-state index in [0.29, 0.717) is 5.75 Å². The monoisotopic (exact) mass is 486 g/mol. The second-order valence-electron chi connectivity index (χ2n) is 7.15. The van der Waals surface area contributed by atoms with Crippen LogP contribution in [-0.2, 0) is 14.3 Å². The minimum atomic E-state index is -0.978. The van der Waals surface area contributed by atoms with E-state index in [4.69, 9.17) is 21.7 Å². The van der Waals surface area contributed by atoms with Crippen LogP contribution in [0.3, 0.4) is 0 Å². The number of ether oxygens (including phenoxy) is 2. The number of nitrogens with one attached hydrogen (secondary N) is 2. The highest BCUT2D eigenvalue weighted by Gasteiger charge is 2.34. The molecule has 1 unspecified atom stereocenters. The first-order chi connectivity index (χ1) is 16.3. The van der Waals surface area contributed by atoms with Crippen LogP contribution in [0.1, 0.15) is 16.8 Å².